The number of anilines is 2. The molecule has 0 aliphatic carbocycles. The van der Waals surface area contributed by atoms with Crippen LogP contribution in [0.4, 0.5) is 33.7 Å². The number of pyridine rings is 1. The predicted octanol–water partition coefficient (Wildman–Crippen LogP) is 2.01. The van der Waals surface area contributed by atoms with Crippen molar-refractivity contribution >= 4 is 34.4 Å². The molecule has 0 saturated carbocycles. The zero-order valence-corrected chi connectivity index (χ0v) is 20.5. The van der Waals surface area contributed by atoms with Crippen LogP contribution in [0.2, 0.25) is 0 Å². The molecule has 39 heavy (non-hydrogen) atoms. The molecule has 0 bridgehead atoms. The summed E-state index contributed by atoms with van der Waals surface area (Å²) in [6, 6.07) is 1.59. The number of aliphatic hydroxyl groups excluding tert-OH is 1. The summed E-state index contributed by atoms with van der Waals surface area (Å²) in [5.41, 5.74) is 0.813. The van der Waals surface area contributed by atoms with Gasteiger partial charge in [-0.25, -0.2) is 36.1 Å². The number of carbonyl (C=O) groups is 1. The summed E-state index contributed by atoms with van der Waals surface area (Å²) in [6.45, 7) is -1.89. The molecule has 0 radical (unpaired) electrons. The van der Waals surface area contributed by atoms with Crippen LogP contribution in [-0.4, -0.2) is 95.6 Å². The molecular weight excluding hydrogens is 531 g/mol. The van der Waals surface area contributed by atoms with Gasteiger partial charge in [0.2, 0.25) is 18.3 Å². The number of carbonyl (C=O) groups excluding carboxylic acids is 1. The van der Waals surface area contributed by atoms with Gasteiger partial charge in [-0.2, -0.15) is 4.98 Å². The average molecular weight is 554 g/mol. The summed E-state index contributed by atoms with van der Waals surface area (Å²) in [5.74, 6) is -4.99. The Kier molecular flexibility index (Phi) is 6.92. The first-order valence-electron chi connectivity index (χ1n) is 11.9. The Morgan fingerprint density at radius 3 is 2.77 bits per heavy atom. The first-order valence-corrected chi connectivity index (χ1v) is 11.9. The van der Waals surface area contributed by atoms with E-state index in [2.05, 4.69) is 36.0 Å². The van der Waals surface area contributed by atoms with E-state index in [9.17, 15) is 22.4 Å². The topological polar surface area (TPSA) is 138 Å². The van der Waals surface area contributed by atoms with Crippen LogP contribution >= 0.6 is 0 Å². The number of hydrogen-bond donors (Lipinski definition) is 3. The van der Waals surface area contributed by atoms with Gasteiger partial charge >= 0.3 is 0 Å². The smallest absolute Gasteiger partial charge is 0.285 e. The van der Waals surface area contributed by atoms with Crippen LogP contribution < -0.4 is 10.6 Å². The molecule has 1 fully saturated rings. The third kappa shape index (κ3) is 5.00. The molecule has 1 saturated heterocycles. The summed E-state index contributed by atoms with van der Waals surface area (Å²) >= 11 is 0. The maximum Gasteiger partial charge on any atom is 0.285 e. The van der Waals surface area contributed by atoms with Gasteiger partial charge in [0.05, 0.1) is 36.6 Å². The van der Waals surface area contributed by atoms with E-state index in [1.165, 1.54) is 23.9 Å². The molecule has 5 heterocycles. The Bertz CT molecular complexity index is 1520. The number of piperidine rings is 1. The summed E-state index contributed by atoms with van der Waals surface area (Å²) in [7, 11) is 1.51. The molecule has 4 aromatic rings. The number of aromatic nitrogens is 7. The lowest BCUT2D eigenvalue weighted by atomic mass is 10.0. The van der Waals surface area contributed by atoms with Crippen LogP contribution in [0.3, 0.4) is 0 Å². The van der Waals surface area contributed by atoms with Crippen LogP contribution in [0, 0.1) is 5.82 Å². The molecule has 4 aromatic heterocycles. The second-order valence-electron chi connectivity index (χ2n) is 8.93. The van der Waals surface area contributed by atoms with Crippen molar-refractivity contribution in [3.63, 3.8) is 0 Å². The standard InChI is InChI=1S/C22H23F5N10O2/c1-28-19-18-17(12-2-3-13-20(29-12)36(34-32-13)7-5-15(24)25)11(23)8-37(18)33-21(31-19)30-14-4-6-35(16(39)9-38)10-22(14,26)27/h2-3,8,14-15,38H,4-7,9-10H2,1H3,(H2,28,30,31,33)/t14-/m1/s1. The Hall–Kier alpha value is -4.15. The molecular formula is C22H23F5N10O2. The molecule has 1 amide bonds. The minimum atomic E-state index is -3.35. The minimum Gasteiger partial charge on any atom is -0.387 e. The van der Waals surface area contributed by atoms with Crippen molar-refractivity contribution < 1.29 is 31.9 Å². The Balaban J connectivity index is 1.48. The molecule has 17 heteroatoms. The Morgan fingerprint density at radius 2 is 2.08 bits per heavy atom. The second-order valence-corrected chi connectivity index (χ2v) is 8.93. The van der Waals surface area contributed by atoms with Gasteiger partial charge in [-0.1, -0.05) is 5.21 Å². The lowest BCUT2D eigenvalue weighted by Gasteiger charge is -2.38. The van der Waals surface area contributed by atoms with Gasteiger partial charge in [-0.05, 0) is 18.6 Å². The summed E-state index contributed by atoms with van der Waals surface area (Å²) in [5, 5.41) is 26.3. The third-order valence-corrected chi connectivity index (χ3v) is 6.39. The fourth-order valence-corrected chi connectivity index (χ4v) is 4.48. The van der Waals surface area contributed by atoms with Crippen LogP contribution in [0.25, 0.3) is 27.9 Å². The van der Waals surface area contributed by atoms with Crippen molar-refractivity contribution in [2.24, 2.45) is 0 Å². The lowest BCUT2D eigenvalue weighted by molar-refractivity contribution is -0.145. The van der Waals surface area contributed by atoms with Crippen LogP contribution in [0.1, 0.15) is 12.8 Å². The normalized spacial score (nSPS) is 17.3. The van der Waals surface area contributed by atoms with Gasteiger partial charge < -0.3 is 20.6 Å². The molecule has 5 rings (SSSR count). The van der Waals surface area contributed by atoms with E-state index in [4.69, 9.17) is 5.11 Å². The molecule has 3 N–H and O–H groups in total. The first-order chi connectivity index (χ1) is 18.6. The van der Waals surface area contributed by atoms with Gasteiger partial charge in [0.15, 0.2) is 17.3 Å². The maximum atomic E-state index is 15.3. The van der Waals surface area contributed by atoms with E-state index >= 15 is 4.39 Å². The SMILES string of the molecule is CNc1nc(N[C@@H]2CCN(C(=O)CO)CC2(F)F)nn2cc(F)c(-c3ccc4nnn(CCC(F)F)c4n3)c12. The van der Waals surface area contributed by atoms with Crippen LogP contribution in [0.15, 0.2) is 18.3 Å². The van der Waals surface area contributed by atoms with E-state index in [0.717, 1.165) is 15.6 Å². The monoisotopic (exact) mass is 554 g/mol. The van der Waals surface area contributed by atoms with Gasteiger partial charge in [0.1, 0.15) is 17.6 Å². The molecule has 1 atom stereocenters. The number of halogens is 5. The highest BCUT2D eigenvalue weighted by Crippen LogP contribution is 2.34. The molecule has 0 unspecified atom stereocenters. The molecule has 0 spiro atoms. The number of nitrogens with zero attached hydrogens (tertiary/aromatic N) is 8. The molecule has 1 aliphatic rings. The number of rotatable bonds is 8. The van der Waals surface area contributed by atoms with Crippen molar-refractivity contribution in [3.8, 4) is 11.3 Å². The Morgan fingerprint density at radius 1 is 1.28 bits per heavy atom. The van der Waals surface area contributed by atoms with Gasteiger partial charge in [0, 0.05) is 20.0 Å². The summed E-state index contributed by atoms with van der Waals surface area (Å²) in [6.07, 6.45) is -2.11. The Labute approximate surface area is 216 Å². The zero-order chi connectivity index (χ0) is 27.9. The van der Waals surface area contributed by atoms with E-state index in [1.54, 1.807) is 0 Å². The fourth-order valence-electron chi connectivity index (χ4n) is 4.48. The number of amides is 1. The maximum absolute atomic E-state index is 15.3. The van der Waals surface area contributed by atoms with E-state index in [-0.39, 0.29) is 53.7 Å². The van der Waals surface area contributed by atoms with Crippen LogP contribution in [-0.2, 0) is 11.3 Å². The van der Waals surface area contributed by atoms with Gasteiger partial charge in [0.25, 0.3) is 5.92 Å². The molecule has 208 valence electrons. The van der Waals surface area contributed by atoms with E-state index < -0.39 is 49.7 Å². The van der Waals surface area contributed by atoms with Crippen molar-refractivity contribution in [2.75, 3.05) is 37.4 Å². The molecule has 0 aromatic carbocycles. The van der Waals surface area contributed by atoms with Gasteiger partial charge in [-0.3, -0.25) is 4.79 Å². The largest absolute Gasteiger partial charge is 0.387 e. The minimum absolute atomic E-state index is 0.00411. The van der Waals surface area contributed by atoms with Crippen molar-refractivity contribution in [1.29, 1.82) is 0 Å². The number of aliphatic hydroxyl groups is 1. The van der Waals surface area contributed by atoms with Crippen molar-refractivity contribution in [1.82, 2.24) is 39.5 Å². The molecule has 12 nitrogen and oxygen atoms in total. The number of nitrogens with one attached hydrogen (secondary N) is 2. The molecule has 1 aliphatic heterocycles. The number of fused-ring (bicyclic) bond motifs is 2. The average Bonchev–Trinajstić information content (AvgIpc) is 3.46. The van der Waals surface area contributed by atoms with E-state index in [1.807, 2.05) is 0 Å². The third-order valence-electron chi connectivity index (χ3n) is 6.39. The first kappa shape index (κ1) is 26.5. The highest BCUT2D eigenvalue weighted by Gasteiger charge is 2.46. The van der Waals surface area contributed by atoms with Gasteiger partial charge in [-0.15, -0.1) is 10.2 Å². The highest BCUT2D eigenvalue weighted by molar-refractivity contribution is 5.89. The van der Waals surface area contributed by atoms with Crippen molar-refractivity contribution in [2.45, 2.75) is 37.8 Å². The predicted molar refractivity (Wildman–Crippen MR) is 128 cm³/mol. The number of hydrogen-bond acceptors (Lipinski definition) is 9. The zero-order valence-electron chi connectivity index (χ0n) is 20.5. The van der Waals surface area contributed by atoms with Crippen LogP contribution in [0.5, 0.6) is 0 Å². The summed E-state index contributed by atoms with van der Waals surface area (Å²) in [4.78, 5) is 21.2. The lowest BCUT2D eigenvalue weighted by Crippen LogP contribution is -2.56. The summed E-state index contributed by atoms with van der Waals surface area (Å²) < 4.78 is 72.6. The number of likely N-dealkylation sites (tertiary alicyclic amines) is 1. The van der Waals surface area contributed by atoms with Crippen molar-refractivity contribution in [3.05, 3.63) is 24.1 Å². The highest BCUT2D eigenvalue weighted by atomic mass is 19.3. The second kappa shape index (κ2) is 10.2. The quantitative estimate of drug-likeness (QED) is 0.279. The number of aryl methyl sites for hydroxylation is 1. The fraction of sp³-hybridized carbons (Fsp3) is 0.455. The van der Waals surface area contributed by atoms with E-state index in [0.29, 0.717) is 5.52 Å². The number of alkyl halides is 4.